The maximum absolute atomic E-state index is 12.3. The molecular formula is C18H24N2O7S. The highest BCUT2D eigenvalue weighted by Gasteiger charge is 2.39. The molecule has 0 saturated carbocycles. The van der Waals surface area contributed by atoms with E-state index >= 15 is 0 Å². The molecule has 0 aliphatic carbocycles. The van der Waals surface area contributed by atoms with E-state index in [-0.39, 0.29) is 18.6 Å². The zero-order chi connectivity index (χ0) is 21.1. The van der Waals surface area contributed by atoms with Crippen LogP contribution in [0.3, 0.4) is 0 Å². The van der Waals surface area contributed by atoms with Crippen LogP contribution in [-0.4, -0.2) is 59.1 Å². The average molecular weight is 412 g/mol. The van der Waals surface area contributed by atoms with E-state index < -0.39 is 51.7 Å². The number of hydrogen-bond donors (Lipinski definition) is 1. The molecule has 1 aliphatic rings. The van der Waals surface area contributed by atoms with Crippen LogP contribution in [0.2, 0.25) is 0 Å². The SMILES string of the molecule is CC(=O)OCC1O[C@@H](n2cc(C#CS(C)(C)C)c(=O)[nH]c2=O)C[C@H]1OC(C)=O. The lowest BCUT2D eigenvalue weighted by Gasteiger charge is -2.17. The van der Waals surface area contributed by atoms with Crippen molar-refractivity contribution in [2.45, 2.75) is 38.7 Å². The molecule has 0 spiro atoms. The molecule has 2 heterocycles. The Bertz CT molecular complexity index is 932. The molecule has 3 atom stereocenters. The Morgan fingerprint density at radius 2 is 1.96 bits per heavy atom. The van der Waals surface area contributed by atoms with Crippen LogP contribution in [0.4, 0.5) is 0 Å². The van der Waals surface area contributed by atoms with Crippen LogP contribution in [0.5, 0.6) is 0 Å². The zero-order valence-corrected chi connectivity index (χ0v) is 17.3. The molecule has 0 bridgehead atoms. The first kappa shape index (κ1) is 21.8. The van der Waals surface area contributed by atoms with Gasteiger partial charge in [-0.05, 0) is 29.9 Å². The molecule has 1 fully saturated rings. The van der Waals surface area contributed by atoms with Crippen LogP contribution in [0.25, 0.3) is 0 Å². The minimum atomic E-state index is -1.17. The third-order valence-corrected chi connectivity index (χ3v) is 4.43. The summed E-state index contributed by atoms with van der Waals surface area (Å²) in [7, 11) is -1.17. The van der Waals surface area contributed by atoms with Crippen molar-refractivity contribution in [2.75, 3.05) is 25.4 Å². The summed E-state index contributed by atoms with van der Waals surface area (Å²) in [5.41, 5.74) is -1.11. The number of rotatable bonds is 4. The van der Waals surface area contributed by atoms with E-state index in [0.717, 1.165) is 0 Å². The summed E-state index contributed by atoms with van der Waals surface area (Å²) in [6, 6.07) is 0. The van der Waals surface area contributed by atoms with Gasteiger partial charge in [-0.1, -0.05) is 0 Å². The number of nitrogens with zero attached hydrogens (tertiary/aromatic N) is 1. The molecule has 1 N–H and O–H groups in total. The first-order chi connectivity index (χ1) is 13.0. The number of hydrogen-bond acceptors (Lipinski definition) is 7. The lowest BCUT2D eigenvalue weighted by Crippen LogP contribution is -2.34. The number of carbonyl (C=O) groups excluding carboxylic acids is 2. The Morgan fingerprint density at radius 3 is 2.54 bits per heavy atom. The van der Waals surface area contributed by atoms with Crippen molar-refractivity contribution in [1.29, 1.82) is 0 Å². The third-order valence-electron chi connectivity index (χ3n) is 3.72. The van der Waals surface area contributed by atoms with E-state index in [2.05, 4.69) is 16.2 Å². The van der Waals surface area contributed by atoms with Crippen LogP contribution >= 0.6 is 10.0 Å². The van der Waals surface area contributed by atoms with Crippen LogP contribution in [-0.2, 0) is 23.8 Å². The quantitative estimate of drug-likeness (QED) is 0.559. The molecule has 1 aliphatic heterocycles. The van der Waals surface area contributed by atoms with Gasteiger partial charge in [0.2, 0.25) is 0 Å². The van der Waals surface area contributed by atoms with E-state index in [1.54, 1.807) is 0 Å². The molecule has 0 radical (unpaired) electrons. The molecule has 10 heteroatoms. The van der Waals surface area contributed by atoms with Crippen LogP contribution in [0, 0.1) is 11.2 Å². The van der Waals surface area contributed by atoms with Gasteiger partial charge in [-0.25, -0.2) is 4.79 Å². The minimum Gasteiger partial charge on any atom is -0.463 e. The highest BCUT2D eigenvalue weighted by molar-refractivity contribution is 8.35. The maximum atomic E-state index is 12.3. The average Bonchev–Trinajstić information content (AvgIpc) is 2.93. The number of aromatic amines is 1. The topological polar surface area (TPSA) is 117 Å². The lowest BCUT2D eigenvalue weighted by atomic mass is 10.2. The lowest BCUT2D eigenvalue weighted by molar-refractivity contribution is -0.155. The summed E-state index contributed by atoms with van der Waals surface area (Å²) in [5.74, 6) is 1.79. The molecule has 2 rings (SSSR count). The molecule has 0 amide bonds. The predicted molar refractivity (Wildman–Crippen MR) is 104 cm³/mol. The Labute approximate surface area is 163 Å². The fourth-order valence-electron chi connectivity index (χ4n) is 2.55. The standard InChI is InChI=1S/C18H24N2O7S/c1-11(21)25-10-15-14(26-12(2)22)8-16(27-15)20-9-13(6-7-28(3,4)5)17(23)19-18(20)24/h9,14-16H,8,10H2,1-5H3,(H,19,23,24)/t14-,15?,16-/m1/s1. The predicted octanol–water partition coefficient (Wildman–Crippen LogP) is 0.322. The molecular weight excluding hydrogens is 388 g/mol. The number of ether oxygens (including phenoxy) is 3. The molecule has 1 aromatic rings. The van der Waals surface area contributed by atoms with Gasteiger partial charge >= 0.3 is 17.6 Å². The molecule has 1 saturated heterocycles. The first-order valence-electron chi connectivity index (χ1n) is 8.49. The van der Waals surface area contributed by atoms with Crippen LogP contribution < -0.4 is 11.2 Å². The molecule has 9 nitrogen and oxygen atoms in total. The van der Waals surface area contributed by atoms with Gasteiger partial charge in [-0.3, -0.25) is 23.9 Å². The summed E-state index contributed by atoms with van der Waals surface area (Å²) in [6.45, 7) is 2.38. The number of aromatic nitrogens is 2. The van der Waals surface area contributed by atoms with Crippen molar-refractivity contribution in [2.24, 2.45) is 0 Å². The molecule has 0 aromatic carbocycles. The van der Waals surface area contributed by atoms with Gasteiger partial charge in [0.05, 0.1) is 0 Å². The van der Waals surface area contributed by atoms with E-state index in [0.29, 0.717) is 0 Å². The van der Waals surface area contributed by atoms with Gasteiger partial charge in [0.25, 0.3) is 5.56 Å². The van der Waals surface area contributed by atoms with Crippen molar-refractivity contribution < 1.29 is 23.8 Å². The number of H-pyrrole nitrogens is 1. The summed E-state index contributed by atoms with van der Waals surface area (Å²) >= 11 is 0. The van der Waals surface area contributed by atoms with Gasteiger partial charge in [-0.2, -0.15) is 10.0 Å². The van der Waals surface area contributed by atoms with E-state index in [4.69, 9.17) is 14.2 Å². The van der Waals surface area contributed by atoms with Gasteiger partial charge < -0.3 is 14.2 Å². The van der Waals surface area contributed by atoms with Gasteiger partial charge in [0, 0.05) is 26.5 Å². The maximum Gasteiger partial charge on any atom is 0.330 e. The smallest absolute Gasteiger partial charge is 0.330 e. The molecule has 28 heavy (non-hydrogen) atoms. The molecule has 154 valence electrons. The highest BCUT2D eigenvalue weighted by atomic mass is 32.3. The van der Waals surface area contributed by atoms with E-state index in [1.807, 2.05) is 18.8 Å². The van der Waals surface area contributed by atoms with Crippen molar-refractivity contribution in [3.63, 3.8) is 0 Å². The van der Waals surface area contributed by atoms with E-state index in [1.165, 1.54) is 24.6 Å². The van der Waals surface area contributed by atoms with Crippen LogP contribution in [0.15, 0.2) is 15.8 Å². The van der Waals surface area contributed by atoms with Crippen molar-refractivity contribution in [3.8, 4) is 11.2 Å². The van der Waals surface area contributed by atoms with Crippen molar-refractivity contribution >= 4 is 22.0 Å². The fourth-order valence-corrected chi connectivity index (χ4v) is 2.97. The number of nitrogens with one attached hydrogen (secondary N) is 1. The Morgan fingerprint density at radius 1 is 1.29 bits per heavy atom. The normalized spacial score (nSPS) is 22.1. The number of carbonyl (C=O) groups is 2. The summed E-state index contributed by atoms with van der Waals surface area (Å²) in [6.07, 6.45) is 5.20. The Kier molecular flexibility index (Phi) is 6.74. The number of esters is 2. The third kappa shape index (κ3) is 6.00. The largest absolute Gasteiger partial charge is 0.463 e. The summed E-state index contributed by atoms with van der Waals surface area (Å²) < 4.78 is 17.2. The summed E-state index contributed by atoms with van der Waals surface area (Å²) in [4.78, 5) is 49.0. The highest BCUT2D eigenvalue weighted by Crippen LogP contribution is 2.32. The molecule has 1 aromatic heterocycles. The van der Waals surface area contributed by atoms with Gasteiger partial charge in [0.1, 0.15) is 30.6 Å². The second-order valence-electron chi connectivity index (χ2n) is 7.09. The Balaban J connectivity index is 2.33. The molecule has 1 unspecified atom stereocenters. The Hall–Kier alpha value is -2.51. The van der Waals surface area contributed by atoms with Gasteiger partial charge in [-0.15, -0.1) is 0 Å². The van der Waals surface area contributed by atoms with Crippen LogP contribution in [0.1, 0.15) is 32.1 Å². The summed E-state index contributed by atoms with van der Waals surface area (Å²) in [5, 5.41) is 3.02. The first-order valence-corrected chi connectivity index (χ1v) is 11.3. The van der Waals surface area contributed by atoms with Gasteiger partial charge in [0.15, 0.2) is 0 Å². The van der Waals surface area contributed by atoms with Crippen molar-refractivity contribution in [3.05, 3.63) is 32.6 Å². The second-order valence-corrected chi connectivity index (χ2v) is 11.0. The minimum absolute atomic E-state index is 0.123. The fraction of sp³-hybridized carbons (Fsp3) is 0.556. The zero-order valence-electron chi connectivity index (χ0n) is 16.4. The van der Waals surface area contributed by atoms with Crippen molar-refractivity contribution in [1.82, 2.24) is 9.55 Å². The van der Waals surface area contributed by atoms with E-state index in [9.17, 15) is 19.2 Å². The monoisotopic (exact) mass is 412 g/mol. The second kappa shape index (κ2) is 8.67.